The molecule has 0 aliphatic heterocycles. The first-order chi connectivity index (χ1) is 8.41. The first-order valence-corrected chi connectivity index (χ1v) is 6.75. The molecule has 0 aromatic rings. The van der Waals surface area contributed by atoms with E-state index in [1.165, 1.54) is 11.1 Å². The predicted molar refractivity (Wildman–Crippen MR) is 83.5 cm³/mol. The molecule has 102 valence electrons. The van der Waals surface area contributed by atoms with Gasteiger partial charge >= 0.3 is 0 Å². The molecule has 0 heterocycles. The molecule has 0 N–H and O–H groups in total. The molecule has 0 aliphatic carbocycles. The minimum atomic E-state index is 0.996. The molecule has 0 aromatic heterocycles. The van der Waals surface area contributed by atoms with Crippen LogP contribution in [-0.2, 0) is 0 Å². The highest BCUT2D eigenvalue weighted by Gasteiger charge is 1.92. The van der Waals surface area contributed by atoms with E-state index in [0.29, 0.717) is 0 Å². The third-order valence-corrected chi connectivity index (χ3v) is 2.51. The van der Waals surface area contributed by atoms with Gasteiger partial charge < -0.3 is 0 Å². The molecule has 0 spiro atoms. The van der Waals surface area contributed by atoms with Gasteiger partial charge in [-0.2, -0.15) is 10.2 Å². The summed E-state index contributed by atoms with van der Waals surface area (Å²) in [6.07, 6.45) is 8.59. The van der Waals surface area contributed by atoms with E-state index in [1.54, 1.807) is 0 Å². The van der Waals surface area contributed by atoms with Crippen molar-refractivity contribution < 1.29 is 0 Å². The van der Waals surface area contributed by atoms with Gasteiger partial charge in [0.1, 0.15) is 0 Å². The number of rotatable bonds is 7. The van der Waals surface area contributed by atoms with Gasteiger partial charge in [-0.1, -0.05) is 23.3 Å². The van der Waals surface area contributed by atoms with Crippen molar-refractivity contribution in [3.63, 3.8) is 0 Å². The van der Waals surface area contributed by atoms with Gasteiger partial charge in [-0.05, 0) is 67.2 Å². The van der Waals surface area contributed by atoms with Crippen LogP contribution in [-0.4, -0.2) is 11.4 Å². The summed E-state index contributed by atoms with van der Waals surface area (Å²) in [6, 6.07) is 0. The fraction of sp³-hybridized carbons (Fsp3) is 0.625. The SMILES string of the molecule is CC(C)=CCCC(C)=NN=C(C)CCC=C(C)C. The fourth-order valence-electron chi connectivity index (χ4n) is 1.41. The second kappa shape index (κ2) is 9.81. The normalized spacial score (nSPS) is 12.3. The summed E-state index contributed by atoms with van der Waals surface area (Å²) in [5.74, 6) is 0. The highest BCUT2D eigenvalue weighted by atomic mass is 15.2. The Bertz CT molecular complexity index is 313. The molecule has 0 saturated carbocycles. The molecule has 0 radical (unpaired) electrons. The van der Waals surface area contributed by atoms with Crippen molar-refractivity contribution in [2.24, 2.45) is 10.2 Å². The summed E-state index contributed by atoms with van der Waals surface area (Å²) >= 11 is 0. The fourth-order valence-corrected chi connectivity index (χ4v) is 1.41. The lowest BCUT2D eigenvalue weighted by molar-refractivity contribution is 1.02. The van der Waals surface area contributed by atoms with E-state index in [2.05, 4.69) is 50.0 Å². The minimum absolute atomic E-state index is 0.996. The van der Waals surface area contributed by atoms with Crippen molar-refractivity contribution >= 4 is 11.4 Å². The average molecular weight is 248 g/mol. The van der Waals surface area contributed by atoms with Crippen LogP contribution in [0.3, 0.4) is 0 Å². The zero-order valence-corrected chi connectivity index (χ0v) is 12.9. The smallest absolute Gasteiger partial charge is 0.0378 e. The highest BCUT2D eigenvalue weighted by Crippen LogP contribution is 2.02. The lowest BCUT2D eigenvalue weighted by Gasteiger charge is -1.98. The van der Waals surface area contributed by atoms with Gasteiger partial charge in [0.2, 0.25) is 0 Å². The summed E-state index contributed by atoms with van der Waals surface area (Å²) in [6.45, 7) is 12.6. The molecule has 0 rings (SSSR count). The van der Waals surface area contributed by atoms with Crippen LogP contribution >= 0.6 is 0 Å². The molecular formula is C16H28N2. The Morgan fingerprint density at radius 2 is 1.00 bits per heavy atom. The van der Waals surface area contributed by atoms with Crippen molar-refractivity contribution in [3.05, 3.63) is 23.3 Å². The maximum atomic E-state index is 4.27. The van der Waals surface area contributed by atoms with Crippen LogP contribution in [0.2, 0.25) is 0 Å². The summed E-state index contributed by atoms with van der Waals surface area (Å²) in [4.78, 5) is 0. The van der Waals surface area contributed by atoms with Crippen LogP contribution in [0.4, 0.5) is 0 Å². The molecule has 0 amide bonds. The third kappa shape index (κ3) is 11.3. The molecular weight excluding hydrogens is 220 g/mol. The van der Waals surface area contributed by atoms with E-state index in [4.69, 9.17) is 0 Å². The molecule has 18 heavy (non-hydrogen) atoms. The maximum Gasteiger partial charge on any atom is 0.0378 e. The van der Waals surface area contributed by atoms with E-state index in [1.807, 2.05) is 13.8 Å². The molecule has 0 saturated heterocycles. The van der Waals surface area contributed by atoms with Gasteiger partial charge in [0, 0.05) is 11.4 Å². The quantitative estimate of drug-likeness (QED) is 0.331. The Morgan fingerprint density at radius 1 is 0.667 bits per heavy atom. The molecule has 0 fully saturated rings. The third-order valence-electron chi connectivity index (χ3n) is 2.51. The van der Waals surface area contributed by atoms with Crippen molar-refractivity contribution in [2.45, 2.75) is 67.2 Å². The first kappa shape index (κ1) is 16.8. The van der Waals surface area contributed by atoms with Crippen molar-refractivity contribution in [2.75, 3.05) is 0 Å². The second-order valence-electron chi connectivity index (χ2n) is 5.31. The van der Waals surface area contributed by atoms with Crippen LogP contribution in [0.25, 0.3) is 0 Å². The molecule has 2 heteroatoms. The van der Waals surface area contributed by atoms with Gasteiger partial charge in [-0.15, -0.1) is 0 Å². The Kier molecular flexibility index (Phi) is 9.17. The number of hydrogen-bond acceptors (Lipinski definition) is 2. The lowest BCUT2D eigenvalue weighted by atomic mass is 10.2. The van der Waals surface area contributed by atoms with E-state index >= 15 is 0 Å². The Balaban J connectivity index is 4.08. The summed E-state index contributed by atoms with van der Waals surface area (Å²) in [5.41, 5.74) is 4.94. The summed E-state index contributed by atoms with van der Waals surface area (Å²) in [7, 11) is 0. The molecule has 0 aliphatic rings. The van der Waals surface area contributed by atoms with Crippen LogP contribution < -0.4 is 0 Å². The first-order valence-electron chi connectivity index (χ1n) is 6.75. The monoisotopic (exact) mass is 248 g/mol. The number of hydrogen-bond donors (Lipinski definition) is 0. The molecule has 0 unspecified atom stereocenters. The van der Waals surface area contributed by atoms with Gasteiger partial charge in [0.15, 0.2) is 0 Å². The van der Waals surface area contributed by atoms with Crippen molar-refractivity contribution in [3.8, 4) is 0 Å². The zero-order valence-electron chi connectivity index (χ0n) is 12.9. The van der Waals surface area contributed by atoms with Gasteiger partial charge in [-0.25, -0.2) is 0 Å². The minimum Gasteiger partial charge on any atom is -0.160 e. The van der Waals surface area contributed by atoms with Crippen LogP contribution in [0.1, 0.15) is 67.2 Å². The van der Waals surface area contributed by atoms with E-state index < -0.39 is 0 Å². The molecule has 0 bridgehead atoms. The molecule has 0 aromatic carbocycles. The van der Waals surface area contributed by atoms with Gasteiger partial charge in [-0.3, -0.25) is 0 Å². The van der Waals surface area contributed by atoms with Gasteiger partial charge in [0.05, 0.1) is 0 Å². The van der Waals surface area contributed by atoms with Crippen molar-refractivity contribution in [1.82, 2.24) is 0 Å². The van der Waals surface area contributed by atoms with Crippen LogP contribution in [0.15, 0.2) is 33.5 Å². The second-order valence-corrected chi connectivity index (χ2v) is 5.31. The Labute approximate surface area is 113 Å². The van der Waals surface area contributed by atoms with E-state index in [9.17, 15) is 0 Å². The van der Waals surface area contributed by atoms with Crippen LogP contribution in [0.5, 0.6) is 0 Å². The summed E-state index contributed by atoms with van der Waals surface area (Å²) < 4.78 is 0. The van der Waals surface area contributed by atoms with Gasteiger partial charge in [0.25, 0.3) is 0 Å². The number of allylic oxidation sites excluding steroid dienone is 4. The van der Waals surface area contributed by atoms with E-state index in [-0.39, 0.29) is 0 Å². The Hall–Kier alpha value is -1.18. The standard InChI is InChI=1S/C16H28N2/c1-13(2)9-7-11-15(5)17-18-16(6)12-8-10-14(3)4/h9-10H,7-8,11-12H2,1-6H3. The largest absolute Gasteiger partial charge is 0.160 e. The highest BCUT2D eigenvalue weighted by molar-refractivity contribution is 5.85. The molecule has 2 nitrogen and oxygen atoms in total. The Morgan fingerprint density at radius 3 is 1.28 bits per heavy atom. The lowest BCUT2D eigenvalue weighted by Crippen LogP contribution is -1.93. The van der Waals surface area contributed by atoms with Crippen LogP contribution in [0, 0.1) is 0 Å². The topological polar surface area (TPSA) is 24.7 Å². The van der Waals surface area contributed by atoms with Crippen molar-refractivity contribution in [1.29, 1.82) is 0 Å². The van der Waals surface area contributed by atoms with E-state index in [0.717, 1.165) is 37.1 Å². The average Bonchev–Trinajstić information content (AvgIpc) is 2.25. The molecule has 0 atom stereocenters. The predicted octanol–water partition coefficient (Wildman–Crippen LogP) is 5.32. The maximum absolute atomic E-state index is 4.27. The zero-order chi connectivity index (χ0) is 14.0. The summed E-state index contributed by atoms with van der Waals surface area (Å²) in [5, 5.41) is 8.55. The number of nitrogens with zero attached hydrogens (tertiary/aromatic N) is 2.